The van der Waals surface area contributed by atoms with Crippen molar-refractivity contribution in [2.45, 2.75) is 240 Å². The number of benzene rings is 1. The van der Waals surface area contributed by atoms with Crippen molar-refractivity contribution in [1.82, 2.24) is 42.5 Å². The first-order valence-electron chi connectivity index (χ1n) is 35.7. The molecule has 0 aliphatic carbocycles. The Bertz CT molecular complexity index is 3030. The van der Waals surface area contributed by atoms with E-state index in [0.717, 1.165) is 43.5 Å². The number of carboxylic acid groups (broad SMARTS) is 7. The van der Waals surface area contributed by atoms with Crippen LogP contribution in [0, 0.1) is 11.8 Å². The summed E-state index contributed by atoms with van der Waals surface area (Å²) in [6, 6.07) is 5.38. The molecule has 8 atom stereocenters. The van der Waals surface area contributed by atoms with Gasteiger partial charge >= 0.3 is 92.1 Å². The molecule has 0 saturated heterocycles. The third kappa shape index (κ3) is 111. The lowest BCUT2D eigenvalue weighted by Gasteiger charge is -2.22. The van der Waals surface area contributed by atoms with Crippen molar-refractivity contribution < 1.29 is 151 Å². The van der Waals surface area contributed by atoms with Gasteiger partial charge < -0.3 is 115 Å². The Morgan fingerprint density at radius 2 is 0.816 bits per heavy atom. The monoisotopic (exact) mass is 1680 g/mol. The van der Waals surface area contributed by atoms with E-state index in [9.17, 15) is 66.8 Å². The Hall–Kier alpha value is -9.71. The molecule has 0 aliphatic heterocycles. The largest absolute Gasteiger partial charge is 0.481 e. The van der Waals surface area contributed by atoms with Gasteiger partial charge in [-0.3, -0.25) is 47.5 Å². The first kappa shape index (κ1) is 123. The van der Waals surface area contributed by atoms with Gasteiger partial charge in [-0.15, -0.1) is 0 Å². The maximum Gasteiger partial charge on any atom is 0.373 e. The van der Waals surface area contributed by atoms with Crippen LogP contribution < -0.4 is 65.1 Å². The summed E-state index contributed by atoms with van der Waals surface area (Å²) in [6.07, 6.45) is 8.08. The topological polar surface area (TPSA) is 747 Å². The first-order valence-corrected chi connectivity index (χ1v) is 39.5. The van der Waals surface area contributed by atoms with Crippen molar-refractivity contribution in [2.75, 3.05) is 63.1 Å². The van der Waals surface area contributed by atoms with Crippen LogP contribution in [0.15, 0.2) is 24.3 Å². The normalized spacial score (nSPS) is 12.4. The average Bonchev–Trinajstić information content (AvgIpc) is 0.892. The zero-order chi connectivity index (χ0) is 90.7. The van der Waals surface area contributed by atoms with Gasteiger partial charge in [0.1, 0.15) is 6.04 Å². The number of nitrogens with two attached hydrogens (primary N) is 3. The number of amides is 7. The number of nitrogens with one attached hydrogen (secondary N) is 9. The molecule has 7 amide bonds. The molecule has 45 heteroatoms. The lowest BCUT2D eigenvalue weighted by molar-refractivity contribution is -0.193. The van der Waals surface area contributed by atoms with Gasteiger partial charge in [0, 0.05) is 112 Å². The molecule has 0 aromatic heterocycles. The zero-order valence-corrected chi connectivity index (χ0v) is 68.9. The van der Waals surface area contributed by atoms with Crippen molar-refractivity contribution in [3.05, 3.63) is 29.8 Å². The predicted molar refractivity (Wildman–Crippen MR) is 410 cm³/mol. The van der Waals surface area contributed by atoms with Gasteiger partial charge in [0.05, 0.1) is 18.5 Å². The number of anilines is 1. The number of hydrogen-bond acceptors (Lipinski definition) is 26. The van der Waals surface area contributed by atoms with E-state index in [1.54, 1.807) is 41.5 Å². The van der Waals surface area contributed by atoms with E-state index in [1.807, 2.05) is 24.3 Å². The summed E-state index contributed by atoms with van der Waals surface area (Å²) < 4.78 is 22.0. The average molecular weight is 1680 g/mol. The Balaban J connectivity index is -0.000000163. The van der Waals surface area contributed by atoms with Crippen molar-refractivity contribution in [3.63, 3.8) is 0 Å². The molecule has 0 radical (unpaired) electrons. The molecule has 114 heavy (non-hydrogen) atoms. The third-order valence-electron chi connectivity index (χ3n) is 13.4. The van der Waals surface area contributed by atoms with Crippen molar-refractivity contribution in [3.8, 4) is 0 Å². The zero-order valence-electron chi connectivity index (χ0n) is 67.1. The number of hydrogen-bond donors (Lipinski definition) is 22. The lowest BCUT2D eigenvalue weighted by atomic mass is 10.1. The molecule has 43 nitrogen and oxygen atoms in total. The molecule has 3 unspecified atom stereocenters. The van der Waals surface area contributed by atoms with Crippen LogP contribution in [-0.2, 0) is 92.3 Å². The standard InChI is InChI=1S/C18H29N3O3.C15H31N3O3.C9H16N2O5.C9H20NO4P.C8H17N3O3.C6H13O5P.4CO2/c1-13(5-10-16(22)23)20-17(24)19-12-11-14-6-8-15(9-7-14)21-18(2,3)4;1-12(8-9-13(19)20)18-14(21)16-10-6-5-7-11-17-15(2,3)4;1-5(2-3-8(13)14)11-7(12)4-6(10)9(15)16;1-8(3-4-9(11)12)7-15(13,14)6-2-5-10;1-6(2-3-7(12)13)11-8(14)10-5-4-9;1-2-3-5(6(7)8)4-12(9,10)11;4*2-1-3/h6-9,13,21H,5,10-12H2,1-4H3,(H,22,23)(H2,19,20,24);12,17H,5-11H2,1-4H3,(H,19,20)(H2,16,18,21);5-6H,2-4,10H2,1H3,(H,11,12)(H,13,14)(H,15,16);8H,2-7,10H2,1H3,(H,11,12)(H,13,14);6H,2-5,9H2,1H3,(H,12,13)(H2,10,11,14);5H,2-4H2,1H3,(H,7,8)(H2,9,10,11);;;;/t13-;12-;5-,6-;;6-;;;;;/m110.1...../s1. The Morgan fingerprint density at radius 1 is 0.456 bits per heavy atom. The van der Waals surface area contributed by atoms with Crippen molar-refractivity contribution in [1.29, 1.82) is 0 Å². The number of unbranched alkanes of at least 4 members (excludes halogenated alkanes) is 2. The fourth-order valence-electron chi connectivity index (χ4n) is 8.19. The van der Waals surface area contributed by atoms with Crippen LogP contribution in [0.3, 0.4) is 0 Å². The fourth-order valence-corrected chi connectivity index (χ4v) is 11.1. The van der Waals surface area contributed by atoms with E-state index in [1.165, 1.54) is 0 Å². The minimum Gasteiger partial charge on any atom is -0.481 e. The number of carboxylic acids is 7. The summed E-state index contributed by atoms with van der Waals surface area (Å²) in [4.78, 5) is 209. The molecular formula is C69H126N12O31P2. The summed E-state index contributed by atoms with van der Waals surface area (Å²) in [5.74, 6) is -8.19. The molecule has 0 heterocycles. The van der Waals surface area contributed by atoms with Gasteiger partial charge in [-0.05, 0) is 170 Å². The SMILES string of the molecule is CC(CCC(=O)O)CP(=O)(O)CCCN.CCCC(CP(=O)(O)O)C(=O)O.C[C@@H](CCC(=O)O)NC(=O)C[C@H](N)C(=O)O.C[C@H](CCC(=O)O)NC(=O)NCCCCCNC(C)(C)C.C[C@H](CCC(=O)O)NC(=O)NCCN.C[C@H](CCC(=O)O)NC(=O)NCCc1ccc(NC(C)(C)C)cc1.O=C=O.O=C=O.O=C=O.O=C=O. The molecule has 0 fully saturated rings. The highest BCUT2D eigenvalue weighted by Crippen LogP contribution is 2.43. The number of aliphatic carboxylic acids is 7. The Morgan fingerprint density at radius 3 is 1.14 bits per heavy atom. The summed E-state index contributed by atoms with van der Waals surface area (Å²) in [5.41, 5.74) is 18.0. The van der Waals surface area contributed by atoms with E-state index in [2.05, 4.69) is 89.4 Å². The minimum absolute atomic E-state index is 0.0263. The summed E-state index contributed by atoms with van der Waals surface area (Å²) in [6.45, 7) is 26.7. The van der Waals surface area contributed by atoms with E-state index >= 15 is 0 Å². The molecule has 1 rings (SSSR count). The van der Waals surface area contributed by atoms with Crippen LogP contribution in [0.1, 0.15) is 198 Å². The molecule has 1 aromatic rings. The second-order valence-electron chi connectivity index (χ2n) is 27.0. The smallest absolute Gasteiger partial charge is 0.373 e. The number of carbonyl (C=O) groups is 11. The highest BCUT2D eigenvalue weighted by molar-refractivity contribution is 7.58. The minimum atomic E-state index is -4.19. The summed E-state index contributed by atoms with van der Waals surface area (Å²) in [5, 5.41) is 84.9. The highest BCUT2D eigenvalue weighted by Gasteiger charge is 2.27. The Kier molecular flexibility index (Phi) is 83.0. The van der Waals surface area contributed by atoms with Gasteiger partial charge in [0.25, 0.3) is 0 Å². The quantitative estimate of drug-likeness (QED) is 0.0329. The highest BCUT2D eigenvalue weighted by atomic mass is 31.2. The molecule has 0 bridgehead atoms. The van der Waals surface area contributed by atoms with E-state index in [4.69, 9.17) is 101 Å². The molecule has 0 saturated carbocycles. The lowest BCUT2D eigenvalue weighted by Crippen LogP contribution is -2.42. The number of rotatable bonds is 44. The fraction of sp³-hybridized carbons (Fsp3) is 0.696. The van der Waals surface area contributed by atoms with Gasteiger partial charge in [-0.1, -0.05) is 38.8 Å². The summed E-state index contributed by atoms with van der Waals surface area (Å²) >= 11 is 0. The van der Waals surface area contributed by atoms with Crippen LogP contribution >= 0.6 is 15.0 Å². The van der Waals surface area contributed by atoms with Gasteiger partial charge in [-0.25, -0.2) is 14.4 Å². The van der Waals surface area contributed by atoms with E-state index in [-0.39, 0.29) is 135 Å². The van der Waals surface area contributed by atoms with Crippen LogP contribution in [0.4, 0.5) is 20.1 Å². The molecule has 0 aliphatic rings. The number of carbonyl (C=O) groups excluding carboxylic acids is 12. The van der Waals surface area contributed by atoms with E-state index < -0.39 is 80.8 Å². The summed E-state index contributed by atoms with van der Waals surface area (Å²) in [7, 11) is -7.28. The van der Waals surface area contributed by atoms with Crippen molar-refractivity contribution >= 4 is 111 Å². The molecule has 1 aromatic carbocycles. The van der Waals surface area contributed by atoms with Crippen LogP contribution in [0.25, 0.3) is 0 Å². The molecule has 25 N–H and O–H groups in total. The maximum atomic E-state index is 11.7. The molecule has 658 valence electrons. The van der Waals surface area contributed by atoms with Crippen LogP contribution in [-0.4, -0.2) is 240 Å². The van der Waals surface area contributed by atoms with Gasteiger partial charge in [0.2, 0.25) is 13.3 Å². The molecular weight excluding hydrogens is 1550 g/mol. The first-order chi connectivity index (χ1) is 52.6. The maximum absolute atomic E-state index is 11.7. The van der Waals surface area contributed by atoms with Crippen LogP contribution in [0.2, 0.25) is 0 Å². The van der Waals surface area contributed by atoms with E-state index in [0.29, 0.717) is 84.1 Å². The third-order valence-corrected chi connectivity index (χ3v) is 16.6. The van der Waals surface area contributed by atoms with Crippen LogP contribution in [0.5, 0.6) is 0 Å². The second-order valence-corrected chi connectivity index (χ2v) is 31.2. The Labute approximate surface area is 663 Å². The van der Waals surface area contributed by atoms with Crippen molar-refractivity contribution in [2.24, 2.45) is 29.0 Å². The second kappa shape index (κ2) is 77.2. The van der Waals surface area contributed by atoms with Gasteiger partial charge in [-0.2, -0.15) is 38.4 Å². The number of urea groups is 3. The molecule has 0 spiro atoms. The van der Waals surface area contributed by atoms with Gasteiger partial charge in [0.15, 0.2) is 0 Å². The predicted octanol–water partition coefficient (Wildman–Crippen LogP) is 3.18.